The maximum atomic E-state index is 6.84. The predicted molar refractivity (Wildman–Crippen MR) is 139 cm³/mol. The number of nitrogens with one attached hydrogen (secondary N) is 1. The van der Waals surface area contributed by atoms with Gasteiger partial charge in [0.2, 0.25) is 5.88 Å². The second-order valence-corrected chi connectivity index (χ2v) is 11.9. The number of thiophene rings is 1. The van der Waals surface area contributed by atoms with Crippen molar-refractivity contribution in [1.29, 1.82) is 0 Å². The van der Waals surface area contributed by atoms with Crippen molar-refractivity contribution >= 4 is 27.2 Å². The van der Waals surface area contributed by atoms with Gasteiger partial charge >= 0.3 is 0 Å². The van der Waals surface area contributed by atoms with Gasteiger partial charge < -0.3 is 19.3 Å². The molecule has 0 spiro atoms. The van der Waals surface area contributed by atoms with Gasteiger partial charge in [-0.25, -0.2) is 4.98 Å². The topological polar surface area (TPSA) is 51.9 Å². The largest absolute Gasteiger partial charge is 0.438 e. The average molecular weight is 492 g/mol. The molecule has 0 unspecified atom stereocenters. The van der Waals surface area contributed by atoms with Crippen LogP contribution in [0.5, 0.6) is 11.6 Å². The van der Waals surface area contributed by atoms with Gasteiger partial charge in [0.05, 0.1) is 18.6 Å². The molecule has 5 heterocycles. The van der Waals surface area contributed by atoms with Crippen LogP contribution < -0.4 is 14.5 Å². The fourth-order valence-corrected chi connectivity index (χ4v) is 7.90. The SMILES string of the molecule is C[C@H]1CCc2c(sc3nc(C[NH+]4CCOCC4)nc(Oc4ccc5c6c4CCCN6CCC5)c23)C1. The standard InChI is InChI=1S/C28H34N4O2S/c1-18-6-8-21-23(16-18)35-28-25(21)27(29-24(30-28)17-31-12-14-33-15-13-31)34-22-9-7-19-4-2-10-32-11-3-5-20(22)26(19)32/h7,9,18H,2-6,8,10-17H2,1H3/p+1/t18-/m0/s1. The molecule has 184 valence electrons. The lowest BCUT2D eigenvalue weighted by Gasteiger charge is -2.37. The van der Waals surface area contributed by atoms with Crippen molar-refractivity contribution in [1.82, 2.24) is 9.97 Å². The molecule has 0 saturated carbocycles. The van der Waals surface area contributed by atoms with Crippen molar-refractivity contribution in [3.63, 3.8) is 0 Å². The fourth-order valence-electron chi connectivity index (χ4n) is 6.51. The predicted octanol–water partition coefficient (Wildman–Crippen LogP) is 3.72. The van der Waals surface area contributed by atoms with Crippen LogP contribution in [0.15, 0.2) is 12.1 Å². The summed E-state index contributed by atoms with van der Waals surface area (Å²) in [6.07, 6.45) is 8.22. The molecule has 7 heteroatoms. The maximum absolute atomic E-state index is 6.84. The molecule has 7 rings (SSSR count). The molecule has 35 heavy (non-hydrogen) atoms. The Hall–Kier alpha value is -2.22. The zero-order valence-electron chi connectivity index (χ0n) is 20.7. The molecule has 1 aromatic carbocycles. The number of hydrogen-bond donors (Lipinski definition) is 1. The highest BCUT2D eigenvalue weighted by Crippen LogP contribution is 2.45. The number of quaternary nitrogens is 1. The van der Waals surface area contributed by atoms with E-state index in [0.717, 1.165) is 80.3 Å². The van der Waals surface area contributed by atoms with E-state index in [-0.39, 0.29) is 0 Å². The van der Waals surface area contributed by atoms with Gasteiger partial charge in [-0.05, 0) is 68.1 Å². The van der Waals surface area contributed by atoms with E-state index in [1.807, 2.05) is 11.3 Å². The van der Waals surface area contributed by atoms with Crippen molar-refractivity contribution in [2.24, 2.45) is 5.92 Å². The third-order valence-corrected chi connectivity index (χ3v) is 9.50. The fraction of sp³-hybridized carbons (Fsp3) is 0.571. The van der Waals surface area contributed by atoms with Crippen LogP contribution in [0.3, 0.4) is 0 Å². The lowest BCUT2D eigenvalue weighted by atomic mass is 9.89. The van der Waals surface area contributed by atoms with Crippen molar-refractivity contribution in [3.05, 3.63) is 39.5 Å². The van der Waals surface area contributed by atoms with Crippen LogP contribution in [-0.2, 0) is 37.0 Å². The number of hydrogen-bond acceptors (Lipinski definition) is 6. The monoisotopic (exact) mass is 491 g/mol. The highest BCUT2D eigenvalue weighted by Gasteiger charge is 2.29. The van der Waals surface area contributed by atoms with Crippen LogP contribution in [0.4, 0.5) is 5.69 Å². The van der Waals surface area contributed by atoms with E-state index in [9.17, 15) is 0 Å². The quantitative estimate of drug-likeness (QED) is 0.603. The van der Waals surface area contributed by atoms with Gasteiger partial charge in [0.25, 0.3) is 0 Å². The second kappa shape index (κ2) is 9.02. The van der Waals surface area contributed by atoms with Crippen LogP contribution in [0.2, 0.25) is 0 Å². The van der Waals surface area contributed by atoms with Crippen LogP contribution in [0, 0.1) is 5.92 Å². The molecule has 6 nitrogen and oxygen atoms in total. The minimum absolute atomic E-state index is 0.737. The molecule has 1 fully saturated rings. The molecule has 3 aliphatic heterocycles. The van der Waals surface area contributed by atoms with E-state index in [1.165, 1.54) is 76.3 Å². The Morgan fingerprint density at radius 1 is 1.09 bits per heavy atom. The first-order chi connectivity index (χ1) is 17.2. The number of benzene rings is 1. The second-order valence-electron chi connectivity index (χ2n) is 10.9. The van der Waals surface area contributed by atoms with E-state index in [2.05, 4.69) is 24.0 Å². The normalized spacial score (nSPS) is 22.2. The summed E-state index contributed by atoms with van der Waals surface area (Å²) < 4.78 is 12.4. The molecule has 4 aliphatic rings. The van der Waals surface area contributed by atoms with E-state index in [0.29, 0.717) is 0 Å². The third-order valence-electron chi connectivity index (χ3n) is 8.35. The minimum atomic E-state index is 0.737. The number of aromatic nitrogens is 2. The van der Waals surface area contributed by atoms with Crippen molar-refractivity contribution < 1.29 is 14.4 Å². The highest BCUT2D eigenvalue weighted by atomic mass is 32.1. The molecule has 2 aromatic heterocycles. The van der Waals surface area contributed by atoms with Crippen molar-refractivity contribution in [2.75, 3.05) is 44.3 Å². The Kier molecular flexibility index (Phi) is 5.67. The number of nitrogens with zero attached hydrogens (tertiary/aromatic N) is 3. The van der Waals surface area contributed by atoms with E-state index in [1.54, 1.807) is 0 Å². The summed E-state index contributed by atoms with van der Waals surface area (Å²) in [6.45, 7) is 9.21. The molecule has 0 amide bonds. The zero-order valence-corrected chi connectivity index (χ0v) is 21.5. The summed E-state index contributed by atoms with van der Waals surface area (Å²) in [7, 11) is 0. The number of anilines is 1. The van der Waals surface area contributed by atoms with Crippen LogP contribution >= 0.6 is 11.3 Å². The van der Waals surface area contributed by atoms with Gasteiger partial charge in [0, 0.05) is 29.2 Å². The average Bonchev–Trinajstić information content (AvgIpc) is 3.24. The summed E-state index contributed by atoms with van der Waals surface area (Å²) >= 11 is 1.88. The minimum Gasteiger partial charge on any atom is -0.438 e. The molecule has 0 bridgehead atoms. The number of fused-ring (bicyclic) bond motifs is 3. The summed E-state index contributed by atoms with van der Waals surface area (Å²) in [5, 5.41) is 1.18. The van der Waals surface area contributed by atoms with Gasteiger partial charge in [0.15, 0.2) is 5.82 Å². The number of rotatable bonds is 4. The molecule has 0 radical (unpaired) electrons. The lowest BCUT2D eigenvalue weighted by Crippen LogP contribution is -3.12. The Morgan fingerprint density at radius 3 is 2.83 bits per heavy atom. The molecule has 3 aromatic rings. The first kappa shape index (κ1) is 22.0. The Balaban J connectivity index is 1.32. The number of morpholine rings is 1. The molecular formula is C28H35N4O2S+. The summed E-state index contributed by atoms with van der Waals surface area (Å²) in [5.74, 6) is 3.43. The molecule has 1 aliphatic carbocycles. The first-order valence-corrected chi connectivity index (χ1v) is 14.3. The molecule has 1 saturated heterocycles. The number of ether oxygens (including phenoxy) is 2. The molecule has 1 N–H and O–H groups in total. The lowest BCUT2D eigenvalue weighted by molar-refractivity contribution is -0.922. The Morgan fingerprint density at radius 2 is 1.94 bits per heavy atom. The van der Waals surface area contributed by atoms with E-state index in [4.69, 9.17) is 19.4 Å². The Bertz CT molecular complexity index is 1260. The van der Waals surface area contributed by atoms with Crippen LogP contribution in [-0.4, -0.2) is 49.4 Å². The van der Waals surface area contributed by atoms with Crippen molar-refractivity contribution in [3.8, 4) is 11.6 Å². The maximum Gasteiger partial charge on any atom is 0.231 e. The smallest absolute Gasteiger partial charge is 0.231 e. The van der Waals surface area contributed by atoms with Crippen LogP contribution in [0.1, 0.15) is 53.6 Å². The van der Waals surface area contributed by atoms with Gasteiger partial charge in [-0.3, -0.25) is 0 Å². The summed E-state index contributed by atoms with van der Waals surface area (Å²) in [5.41, 5.74) is 5.77. The number of aryl methyl sites for hydroxylation is 2. The molecular weight excluding hydrogens is 456 g/mol. The Labute approximate surface area is 211 Å². The summed E-state index contributed by atoms with van der Waals surface area (Å²) in [6, 6.07) is 4.51. The van der Waals surface area contributed by atoms with Crippen LogP contribution in [0.25, 0.3) is 10.2 Å². The van der Waals surface area contributed by atoms with Gasteiger partial charge in [-0.15, -0.1) is 11.3 Å². The van der Waals surface area contributed by atoms with E-state index < -0.39 is 0 Å². The van der Waals surface area contributed by atoms with Gasteiger partial charge in [-0.2, -0.15) is 4.98 Å². The highest BCUT2D eigenvalue weighted by molar-refractivity contribution is 7.18. The first-order valence-electron chi connectivity index (χ1n) is 13.5. The molecule has 1 atom stereocenters. The zero-order chi connectivity index (χ0) is 23.4. The van der Waals surface area contributed by atoms with Gasteiger partial charge in [0.1, 0.15) is 30.2 Å². The van der Waals surface area contributed by atoms with E-state index >= 15 is 0 Å². The third kappa shape index (κ3) is 4.02. The van der Waals surface area contributed by atoms with Crippen molar-refractivity contribution in [2.45, 2.75) is 58.4 Å². The summed E-state index contributed by atoms with van der Waals surface area (Å²) in [4.78, 5) is 16.9. The van der Waals surface area contributed by atoms with Gasteiger partial charge in [-0.1, -0.05) is 13.0 Å².